The van der Waals surface area contributed by atoms with Gasteiger partial charge in [-0.2, -0.15) is 13.2 Å². The first-order valence-corrected chi connectivity index (χ1v) is 8.34. The molecule has 1 amide bonds. The molecule has 0 saturated carbocycles. The summed E-state index contributed by atoms with van der Waals surface area (Å²) in [5.74, 6) is -2.59. The number of hydrogen-bond donors (Lipinski definition) is 2. The van der Waals surface area contributed by atoms with Crippen LogP contribution in [0.25, 0.3) is 0 Å². The van der Waals surface area contributed by atoms with E-state index < -0.39 is 47.1 Å². The van der Waals surface area contributed by atoms with E-state index in [4.69, 9.17) is 4.74 Å². The molecule has 1 aliphatic heterocycles. The largest absolute Gasteiger partial charge is 0.471 e. The van der Waals surface area contributed by atoms with E-state index in [0.29, 0.717) is 12.8 Å². The summed E-state index contributed by atoms with van der Waals surface area (Å²) < 4.78 is 45.3. The molecule has 26 heavy (non-hydrogen) atoms. The van der Waals surface area contributed by atoms with Gasteiger partial charge < -0.3 is 10.1 Å². The van der Waals surface area contributed by atoms with Crippen molar-refractivity contribution in [3.8, 4) is 0 Å². The van der Waals surface area contributed by atoms with E-state index in [-0.39, 0.29) is 5.56 Å². The molecule has 1 unspecified atom stereocenters. The number of halogens is 3. The summed E-state index contributed by atoms with van der Waals surface area (Å²) in [6, 6.07) is -1.09. The quantitative estimate of drug-likeness (QED) is 0.834. The highest BCUT2D eigenvalue weighted by molar-refractivity contribution is 5.82. The van der Waals surface area contributed by atoms with Crippen LogP contribution in [0.3, 0.4) is 0 Å². The maximum atomic E-state index is 12.7. The molecule has 10 heteroatoms. The third-order valence-corrected chi connectivity index (χ3v) is 5.20. The van der Waals surface area contributed by atoms with Crippen LogP contribution in [-0.4, -0.2) is 33.3 Å². The van der Waals surface area contributed by atoms with E-state index >= 15 is 0 Å². The van der Waals surface area contributed by atoms with Crippen LogP contribution in [0.15, 0.2) is 15.8 Å². The monoisotopic (exact) mass is 377 g/mol. The zero-order valence-electron chi connectivity index (χ0n) is 14.9. The Morgan fingerprint density at radius 1 is 1.35 bits per heavy atom. The van der Waals surface area contributed by atoms with Crippen LogP contribution < -0.4 is 16.6 Å². The van der Waals surface area contributed by atoms with Gasteiger partial charge in [0.1, 0.15) is 0 Å². The zero-order chi connectivity index (χ0) is 19.9. The second-order valence-corrected chi connectivity index (χ2v) is 6.54. The van der Waals surface area contributed by atoms with Crippen LogP contribution in [0.2, 0.25) is 0 Å². The van der Waals surface area contributed by atoms with Gasteiger partial charge in [0.15, 0.2) is 6.23 Å². The lowest BCUT2D eigenvalue weighted by atomic mass is 9.81. The van der Waals surface area contributed by atoms with Gasteiger partial charge >= 0.3 is 17.8 Å². The lowest BCUT2D eigenvalue weighted by Gasteiger charge is -2.31. The van der Waals surface area contributed by atoms with Gasteiger partial charge in [-0.3, -0.25) is 19.1 Å². The summed E-state index contributed by atoms with van der Waals surface area (Å²) in [4.78, 5) is 37.4. The molecule has 1 fully saturated rings. The molecule has 1 aromatic rings. The number of nitrogens with one attached hydrogen (secondary N) is 2. The zero-order valence-corrected chi connectivity index (χ0v) is 14.9. The van der Waals surface area contributed by atoms with E-state index in [2.05, 4.69) is 4.98 Å². The average Bonchev–Trinajstić information content (AvgIpc) is 2.83. The minimum absolute atomic E-state index is 0.201. The number of ether oxygens (including phenoxy) is 1. The van der Waals surface area contributed by atoms with Gasteiger partial charge in [-0.1, -0.05) is 20.8 Å². The molecule has 0 aliphatic carbocycles. The third-order valence-electron chi connectivity index (χ3n) is 5.20. The van der Waals surface area contributed by atoms with Crippen molar-refractivity contribution in [3.05, 3.63) is 32.6 Å². The van der Waals surface area contributed by atoms with Crippen molar-refractivity contribution in [2.75, 3.05) is 0 Å². The Labute approximate surface area is 147 Å². The fraction of sp³-hybridized carbons (Fsp3) is 0.688. The molecule has 0 aromatic carbocycles. The summed E-state index contributed by atoms with van der Waals surface area (Å²) in [5, 5.41) is 1.96. The lowest BCUT2D eigenvalue weighted by molar-refractivity contribution is -0.175. The third kappa shape index (κ3) is 3.42. The number of carbonyl (C=O) groups excluding carboxylic acids is 1. The average molecular weight is 377 g/mol. The van der Waals surface area contributed by atoms with Gasteiger partial charge in [-0.25, -0.2) is 4.79 Å². The van der Waals surface area contributed by atoms with Gasteiger partial charge in [0.25, 0.3) is 5.56 Å². The van der Waals surface area contributed by atoms with E-state index in [1.165, 1.54) is 13.1 Å². The normalized spacial score (nSPS) is 25.3. The van der Waals surface area contributed by atoms with E-state index in [1.807, 2.05) is 19.2 Å². The molecule has 0 radical (unpaired) electrons. The molecule has 7 nitrogen and oxygen atoms in total. The number of hydrogen-bond acceptors (Lipinski definition) is 4. The molecule has 146 valence electrons. The summed E-state index contributed by atoms with van der Waals surface area (Å²) in [7, 11) is 0. The topological polar surface area (TPSA) is 93.2 Å². The fourth-order valence-corrected chi connectivity index (χ4v) is 3.49. The number of amides is 1. The minimum atomic E-state index is -5.06. The molecule has 2 rings (SSSR count). The maximum absolute atomic E-state index is 12.7. The Balaban J connectivity index is 2.53. The van der Waals surface area contributed by atoms with Crippen molar-refractivity contribution >= 4 is 5.91 Å². The van der Waals surface area contributed by atoms with Crippen molar-refractivity contribution in [2.24, 2.45) is 5.92 Å². The predicted molar refractivity (Wildman–Crippen MR) is 86.6 cm³/mol. The van der Waals surface area contributed by atoms with Gasteiger partial charge in [0.2, 0.25) is 0 Å². The predicted octanol–water partition coefficient (Wildman–Crippen LogP) is 1.62. The number of aryl methyl sites for hydroxylation is 1. The smallest absolute Gasteiger partial charge is 0.349 e. The lowest BCUT2D eigenvalue weighted by Crippen LogP contribution is -2.50. The molecule has 2 N–H and O–H groups in total. The van der Waals surface area contributed by atoms with Crippen molar-refractivity contribution in [3.63, 3.8) is 0 Å². The first kappa shape index (κ1) is 20.2. The van der Waals surface area contributed by atoms with Crippen LogP contribution in [0, 0.1) is 12.8 Å². The highest BCUT2D eigenvalue weighted by Crippen LogP contribution is 2.45. The van der Waals surface area contributed by atoms with Crippen LogP contribution in [0.1, 0.15) is 45.4 Å². The van der Waals surface area contributed by atoms with Crippen molar-refractivity contribution in [2.45, 2.75) is 64.6 Å². The van der Waals surface area contributed by atoms with Crippen molar-refractivity contribution < 1.29 is 22.7 Å². The SMILES string of the molecule is CCC1(CC)O[C@@H](n2cc(C)c(=O)[nH]c2=O)[C@@H](NC(=O)C(F)(F)F)C1C. The Bertz CT molecular complexity index is 795. The summed E-state index contributed by atoms with van der Waals surface area (Å²) >= 11 is 0. The number of carbonyl (C=O) groups is 1. The summed E-state index contributed by atoms with van der Waals surface area (Å²) in [6.07, 6.45) is -4.03. The number of aromatic nitrogens is 2. The molecule has 1 saturated heterocycles. The number of H-pyrrole nitrogens is 1. The van der Waals surface area contributed by atoms with E-state index in [0.717, 1.165) is 4.57 Å². The molecule has 1 aromatic heterocycles. The van der Waals surface area contributed by atoms with Crippen LogP contribution in [0.5, 0.6) is 0 Å². The second-order valence-electron chi connectivity index (χ2n) is 6.54. The van der Waals surface area contributed by atoms with Gasteiger partial charge in [-0.05, 0) is 19.8 Å². The minimum Gasteiger partial charge on any atom is -0.349 e. The molecule has 1 aliphatic rings. The second kappa shape index (κ2) is 6.90. The van der Waals surface area contributed by atoms with Crippen molar-refractivity contribution in [1.29, 1.82) is 0 Å². The van der Waals surface area contributed by atoms with Crippen LogP contribution in [0.4, 0.5) is 13.2 Å². The highest BCUT2D eigenvalue weighted by atomic mass is 19.4. The Morgan fingerprint density at radius 3 is 2.42 bits per heavy atom. The first-order valence-electron chi connectivity index (χ1n) is 8.34. The standard InChI is InChI=1S/C16H22F3N3O4/c1-5-15(6-2)9(4)10(20-13(24)16(17,18)19)12(26-15)22-7-8(3)11(23)21-14(22)25/h7,9-10,12H,5-6H2,1-4H3,(H,20,24)(H,21,23,25)/t9?,10-,12+/m0/s1. The Morgan fingerprint density at radius 2 is 1.92 bits per heavy atom. The highest BCUT2D eigenvalue weighted by Gasteiger charge is 2.54. The number of alkyl halides is 3. The Kier molecular flexibility index (Phi) is 5.36. The molecule has 0 spiro atoms. The number of nitrogens with zero attached hydrogens (tertiary/aromatic N) is 1. The van der Waals surface area contributed by atoms with Crippen molar-refractivity contribution in [1.82, 2.24) is 14.9 Å². The molecule has 0 bridgehead atoms. The van der Waals surface area contributed by atoms with E-state index in [1.54, 1.807) is 6.92 Å². The van der Waals surface area contributed by atoms with Gasteiger partial charge in [0.05, 0.1) is 11.6 Å². The Hall–Kier alpha value is -2.10. The number of aromatic amines is 1. The van der Waals surface area contributed by atoms with Crippen LogP contribution in [-0.2, 0) is 9.53 Å². The maximum Gasteiger partial charge on any atom is 0.471 e. The van der Waals surface area contributed by atoms with Gasteiger partial charge in [-0.15, -0.1) is 0 Å². The molecule has 3 atom stereocenters. The van der Waals surface area contributed by atoms with Gasteiger partial charge in [0, 0.05) is 17.7 Å². The van der Waals surface area contributed by atoms with E-state index in [9.17, 15) is 27.6 Å². The van der Waals surface area contributed by atoms with Crippen LogP contribution >= 0.6 is 0 Å². The molecular formula is C16H22F3N3O4. The molecule has 2 heterocycles. The first-order chi connectivity index (χ1) is 12.0. The summed E-state index contributed by atoms with van der Waals surface area (Å²) in [6.45, 7) is 6.79. The molecular weight excluding hydrogens is 355 g/mol. The fourth-order valence-electron chi connectivity index (χ4n) is 3.49. The summed E-state index contributed by atoms with van der Waals surface area (Å²) in [5.41, 5.74) is -2.01. The number of rotatable bonds is 4.